The monoisotopic (exact) mass is 182 g/mol. The molecule has 0 aromatic heterocycles. The van der Waals surface area contributed by atoms with E-state index < -0.39 is 0 Å². The summed E-state index contributed by atoms with van der Waals surface area (Å²) in [7, 11) is 0. The lowest BCUT2D eigenvalue weighted by Gasteiger charge is -2.26. The van der Waals surface area contributed by atoms with E-state index in [4.69, 9.17) is 0 Å². The molecule has 0 aromatic carbocycles. The van der Waals surface area contributed by atoms with Crippen LogP contribution in [0, 0.1) is 0 Å². The van der Waals surface area contributed by atoms with Crippen molar-refractivity contribution in [3.8, 4) is 0 Å². The molecule has 2 fully saturated rings. The van der Waals surface area contributed by atoms with Gasteiger partial charge in [-0.2, -0.15) is 0 Å². The SMILES string of the molecule is CC(C=O)N1CCC2CCC(C1)N2. The lowest BCUT2D eigenvalue weighted by atomic mass is 10.1. The molecule has 3 heteroatoms. The number of nitrogens with one attached hydrogen (secondary N) is 1. The minimum atomic E-state index is 0.0983. The molecule has 3 nitrogen and oxygen atoms in total. The van der Waals surface area contributed by atoms with E-state index in [1.165, 1.54) is 19.3 Å². The fourth-order valence-corrected chi connectivity index (χ4v) is 2.43. The van der Waals surface area contributed by atoms with E-state index in [1.54, 1.807) is 0 Å². The maximum absolute atomic E-state index is 10.7. The van der Waals surface area contributed by atoms with Gasteiger partial charge in [-0.15, -0.1) is 0 Å². The van der Waals surface area contributed by atoms with Crippen LogP contribution < -0.4 is 5.32 Å². The summed E-state index contributed by atoms with van der Waals surface area (Å²) in [5, 5.41) is 3.60. The first-order chi connectivity index (χ1) is 6.29. The summed E-state index contributed by atoms with van der Waals surface area (Å²) in [6.45, 7) is 4.12. The van der Waals surface area contributed by atoms with Crippen LogP contribution in [-0.4, -0.2) is 42.4 Å². The van der Waals surface area contributed by atoms with E-state index in [-0.39, 0.29) is 6.04 Å². The van der Waals surface area contributed by atoms with E-state index in [0.717, 1.165) is 19.4 Å². The van der Waals surface area contributed by atoms with Gasteiger partial charge in [0.15, 0.2) is 0 Å². The zero-order valence-electron chi connectivity index (χ0n) is 8.20. The number of hydrogen-bond donors (Lipinski definition) is 1. The second kappa shape index (κ2) is 3.76. The Bertz CT molecular complexity index is 195. The summed E-state index contributed by atoms with van der Waals surface area (Å²) in [5.74, 6) is 0. The Morgan fingerprint density at radius 3 is 2.92 bits per heavy atom. The topological polar surface area (TPSA) is 32.3 Å². The average molecular weight is 182 g/mol. The Kier molecular flexibility index (Phi) is 2.65. The predicted molar refractivity (Wildman–Crippen MR) is 51.7 cm³/mol. The van der Waals surface area contributed by atoms with Gasteiger partial charge in [-0.05, 0) is 26.2 Å². The van der Waals surface area contributed by atoms with Gasteiger partial charge in [0, 0.05) is 25.2 Å². The highest BCUT2D eigenvalue weighted by molar-refractivity contribution is 5.56. The van der Waals surface area contributed by atoms with Crippen molar-refractivity contribution in [2.75, 3.05) is 13.1 Å². The van der Waals surface area contributed by atoms with Crippen LogP contribution in [0.25, 0.3) is 0 Å². The predicted octanol–water partition coefficient (Wildman–Crippen LogP) is 0.400. The molecule has 0 spiro atoms. The normalized spacial score (nSPS) is 37.0. The van der Waals surface area contributed by atoms with E-state index >= 15 is 0 Å². The Labute approximate surface area is 79.5 Å². The highest BCUT2D eigenvalue weighted by Crippen LogP contribution is 2.20. The Balaban J connectivity index is 1.96. The fraction of sp³-hybridized carbons (Fsp3) is 0.900. The van der Waals surface area contributed by atoms with Crippen molar-refractivity contribution < 1.29 is 4.79 Å². The van der Waals surface area contributed by atoms with Crippen LogP contribution in [0.3, 0.4) is 0 Å². The number of carbonyl (C=O) groups excluding carboxylic acids is 1. The van der Waals surface area contributed by atoms with Crippen LogP contribution in [0.5, 0.6) is 0 Å². The van der Waals surface area contributed by atoms with Crippen molar-refractivity contribution in [2.45, 2.75) is 44.3 Å². The third-order valence-electron chi connectivity index (χ3n) is 3.33. The summed E-state index contributed by atoms with van der Waals surface area (Å²) in [6.07, 6.45) is 4.87. The molecule has 0 saturated carbocycles. The van der Waals surface area contributed by atoms with Gasteiger partial charge in [0.2, 0.25) is 0 Å². The number of aldehydes is 1. The number of carbonyl (C=O) groups is 1. The van der Waals surface area contributed by atoms with Gasteiger partial charge >= 0.3 is 0 Å². The highest BCUT2D eigenvalue weighted by Gasteiger charge is 2.30. The Morgan fingerprint density at radius 1 is 1.38 bits per heavy atom. The lowest BCUT2D eigenvalue weighted by molar-refractivity contribution is -0.112. The standard InChI is InChI=1S/C10H18N2O/c1-8(7-13)12-5-4-9-2-3-10(6-12)11-9/h7-11H,2-6H2,1H3. The average Bonchev–Trinajstić information content (AvgIpc) is 2.45. The Hall–Kier alpha value is -0.410. The molecule has 2 aliphatic heterocycles. The molecule has 0 aliphatic carbocycles. The smallest absolute Gasteiger partial charge is 0.136 e. The third kappa shape index (κ3) is 1.92. The van der Waals surface area contributed by atoms with Crippen LogP contribution in [0.1, 0.15) is 26.2 Å². The number of hydrogen-bond acceptors (Lipinski definition) is 3. The van der Waals surface area contributed by atoms with Gasteiger partial charge in [0.25, 0.3) is 0 Å². The van der Waals surface area contributed by atoms with Gasteiger partial charge in [-0.1, -0.05) is 0 Å². The molecule has 2 bridgehead atoms. The molecule has 2 heterocycles. The van der Waals surface area contributed by atoms with E-state index in [1.807, 2.05) is 6.92 Å². The number of likely N-dealkylation sites (tertiary alicyclic amines) is 1. The molecule has 74 valence electrons. The molecule has 13 heavy (non-hydrogen) atoms. The third-order valence-corrected chi connectivity index (χ3v) is 3.33. The molecule has 2 rings (SSSR count). The van der Waals surface area contributed by atoms with Crippen LogP contribution in [-0.2, 0) is 4.79 Å². The van der Waals surface area contributed by atoms with Crippen molar-refractivity contribution in [1.82, 2.24) is 10.2 Å². The molecule has 2 aliphatic rings. The van der Waals surface area contributed by atoms with Crippen molar-refractivity contribution >= 4 is 6.29 Å². The maximum atomic E-state index is 10.7. The van der Waals surface area contributed by atoms with Gasteiger partial charge < -0.3 is 10.1 Å². The molecule has 2 saturated heterocycles. The number of rotatable bonds is 2. The van der Waals surface area contributed by atoms with E-state index in [9.17, 15) is 4.79 Å². The molecular weight excluding hydrogens is 164 g/mol. The fourth-order valence-electron chi connectivity index (χ4n) is 2.43. The minimum absolute atomic E-state index is 0.0983. The van der Waals surface area contributed by atoms with Crippen molar-refractivity contribution in [2.24, 2.45) is 0 Å². The molecule has 1 N–H and O–H groups in total. The molecule has 0 radical (unpaired) electrons. The molecule has 3 atom stereocenters. The second-order valence-electron chi connectivity index (χ2n) is 4.30. The molecule has 0 aromatic rings. The van der Waals surface area contributed by atoms with Crippen LogP contribution in [0.4, 0.5) is 0 Å². The summed E-state index contributed by atoms with van der Waals surface area (Å²) in [6, 6.07) is 1.45. The van der Waals surface area contributed by atoms with Crippen molar-refractivity contribution in [3.63, 3.8) is 0 Å². The molecule has 3 unspecified atom stereocenters. The van der Waals surface area contributed by atoms with Crippen LogP contribution in [0.15, 0.2) is 0 Å². The first-order valence-electron chi connectivity index (χ1n) is 5.25. The van der Waals surface area contributed by atoms with Gasteiger partial charge in [-0.25, -0.2) is 0 Å². The van der Waals surface area contributed by atoms with Crippen molar-refractivity contribution in [1.29, 1.82) is 0 Å². The zero-order chi connectivity index (χ0) is 9.26. The van der Waals surface area contributed by atoms with E-state index in [2.05, 4.69) is 10.2 Å². The number of fused-ring (bicyclic) bond motifs is 2. The first-order valence-corrected chi connectivity index (χ1v) is 5.25. The number of nitrogens with zero attached hydrogens (tertiary/aromatic N) is 1. The quantitative estimate of drug-likeness (QED) is 0.627. The summed E-state index contributed by atoms with van der Waals surface area (Å²) >= 11 is 0. The highest BCUT2D eigenvalue weighted by atomic mass is 16.1. The minimum Gasteiger partial charge on any atom is -0.310 e. The molecule has 0 amide bonds. The zero-order valence-corrected chi connectivity index (χ0v) is 8.20. The van der Waals surface area contributed by atoms with Crippen molar-refractivity contribution in [3.05, 3.63) is 0 Å². The van der Waals surface area contributed by atoms with Crippen LogP contribution >= 0.6 is 0 Å². The lowest BCUT2D eigenvalue weighted by Crippen LogP contribution is -2.41. The van der Waals surface area contributed by atoms with E-state index in [0.29, 0.717) is 12.1 Å². The second-order valence-corrected chi connectivity index (χ2v) is 4.30. The Morgan fingerprint density at radius 2 is 2.15 bits per heavy atom. The molecular formula is C10H18N2O. The summed E-state index contributed by atoms with van der Waals surface area (Å²) < 4.78 is 0. The first kappa shape index (κ1) is 9.16. The summed E-state index contributed by atoms with van der Waals surface area (Å²) in [5.41, 5.74) is 0. The van der Waals surface area contributed by atoms with Crippen LogP contribution in [0.2, 0.25) is 0 Å². The largest absolute Gasteiger partial charge is 0.310 e. The van der Waals surface area contributed by atoms with Gasteiger partial charge in [0.05, 0.1) is 6.04 Å². The van der Waals surface area contributed by atoms with Gasteiger partial charge in [-0.3, -0.25) is 4.90 Å². The maximum Gasteiger partial charge on any atom is 0.136 e. The van der Waals surface area contributed by atoms with Gasteiger partial charge in [0.1, 0.15) is 6.29 Å². The summed E-state index contributed by atoms with van der Waals surface area (Å²) in [4.78, 5) is 13.0.